The third kappa shape index (κ3) is 5.58. The molecule has 0 bridgehead atoms. The molecule has 174 valence electrons. The third-order valence-corrected chi connectivity index (χ3v) is 6.24. The predicted molar refractivity (Wildman–Crippen MR) is 134 cm³/mol. The summed E-state index contributed by atoms with van der Waals surface area (Å²) in [6.45, 7) is 4.04. The van der Waals surface area contributed by atoms with E-state index in [1.165, 1.54) is 11.8 Å². The Morgan fingerprint density at radius 1 is 0.971 bits per heavy atom. The molecule has 4 rings (SSSR count). The van der Waals surface area contributed by atoms with Gasteiger partial charge in [-0.15, -0.1) is 10.2 Å². The third-order valence-electron chi connectivity index (χ3n) is 5.20. The van der Waals surface area contributed by atoms with E-state index >= 15 is 0 Å². The highest BCUT2D eigenvalue weighted by molar-refractivity contribution is 8.00. The van der Waals surface area contributed by atoms with Crippen molar-refractivity contribution in [2.75, 3.05) is 12.4 Å². The van der Waals surface area contributed by atoms with Crippen molar-refractivity contribution in [2.45, 2.75) is 30.9 Å². The highest BCUT2D eigenvalue weighted by atomic mass is 32.2. The van der Waals surface area contributed by atoms with Crippen LogP contribution in [0.15, 0.2) is 84.0 Å². The minimum Gasteiger partial charge on any atom is -0.497 e. The van der Waals surface area contributed by atoms with Crippen molar-refractivity contribution in [3.05, 3.63) is 90.3 Å². The zero-order chi connectivity index (χ0) is 23.9. The molecule has 1 unspecified atom stereocenters. The van der Waals surface area contributed by atoms with Crippen molar-refractivity contribution >= 4 is 23.4 Å². The van der Waals surface area contributed by atoms with Gasteiger partial charge in [0.1, 0.15) is 18.1 Å². The van der Waals surface area contributed by atoms with Crippen LogP contribution >= 0.6 is 11.8 Å². The first-order valence-electron chi connectivity index (χ1n) is 10.8. The quantitative estimate of drug-likeness (QED) is 0.333. The lowest BCUT2D eigenvalue weighted by molar-refractivity contribution is -0.115. The van der Waals surface area contributed by atoms with Crippen LogP contribution in [0.1, 0.15) is 18.3 Å². The van der Waals surface area contributed by atoms with Crippen molar-refractivity contribution in [3.63, 3.8) is 0 Å². The molecule has 0 aliphatic carbocycles. The molecule has 0 aliphatic heterocycles. The van der Waals surface area contributed by atoms with Crippen LogP contribution in [-0.2, 0) is 11.4 Å². The van der Waals surface area contributed by atoms with Crippen molar-refractivity contribution in [1.82, 2.24) is 14.8 Å². The Kier molecular flexibility index (Phi) is 7.49. The lowest BCUT2D eigenvalue weighted by Crippen LogP contribution is -2.23. The SMILES string of the molecule is COc1ccc(OCc2nnc(SC(C)C(=O)Nc3ccccc3C)n2-c2ccccc2)cc1. The van der Waals surface area contributed by atoms with E-state index in [1.54, 1.807) is 7.11 Å². The monoisotopic (exact) mass is 474 g/mol. The van der Waals surface area contributed by atoms with Crippen LogP contribution in [-0.4, -0.2) is 33.0 Å². The molecule has 7 nitrogen and oxygen atoms in total. The smallest absolute Gasteiger partial charge is 0.237 e. The molecular formula is C26H26N4O3S. The summed E-state index contributed by atoms with van der Waals surface area (Å²) in [5, 5.41) is 12.0. The maximum Gasteiger partial charge on any atom is 0.237 e. The van der Waals surface area contributed by atoms with E-state index in [1.807, 2.05) is 97.3 Å². The number of aryl methyl sites for hydroxylation is 1. The first-order valence-corrected chi connectivity index (χ1v) is 11.7. The second-order valence-corrected chi connectivity index (χ2v) is 8.91. The van der Waals surface area contributed by atoms with Gasteiger partial charge in [0, 0.05) is 11.4 Å². The minimum atomic E-state index is -0.387. The largest absolute Gasteiger partial charge is 0.497 e. The number of thioether (sulfide) groups is 1. The number of benzene rings is 3. The summed E-state index contributed by atoms with van der Waals surface area (Å²) >= 11 is 1.35. The Balaban J connectivity index is 1.53. The van der Waals surface area contributed by atoms with Gasteiger partial charge in [-0.25, -0.2) is 0 Å². The van der Waals surface area contributed by atoms with Crippen LogP contribution in [0.5, 0.6) is 11.5 Å². The lowest BCUT2D eigenvalue weighted by atomic mass is 10.2. The number of hydrogen-bond acceptors (Lipinski definition) is 6. The first-order chi connectivity index (χ1) is 16.5. The highest BCUT2D eigenvalue weighted by Gasteiger charge is 2.22. The van der Waals surface area contributed by atoms with E-state index in [9.17, 15) is 4.79 Å². The van der Waals surface area contributed by atoms with E-state index in [0.717, 1.165) is 22.7 Å². The standard InChI is InChI=1S/C26H26N4O3S/c1-18-9-7-8-12-23(18)27-25(31)19(2)34-26-29-28-24(30(26)20-10-5-4-6-11-20)17-33-22-15-13-21(32-3)14-16-22/h4-16,19H,17H2,1-3H3,(H,27,31). The lowest BCUT2D eigenvalue weighted by Gasteiger charge is -2.15. The highest BCUT2D eigenvalue weighted by Crippen LogP contribution is 2.28. The van der Waals surface area contributed by atoms with Crippen molar-refractivity contribution in [3.8, 4) is 17.2 Å². The van der Waals surface area contributed by atoms with Crippen molar-refractivity contribution in [1.29, 1.82) is 0 Å². The fraction of sp³-hybridized carbons (Fsp3) is 0.192. The van der Waals surface area contributed by atoms with E-state index in [0.29, 0.717) is 16.7 Å². The van der Waals surface area contributed by atoms with Gasteiger partial charge in [-0.3, -0.25) is 9.36 Å². The van der Waals surface area contributed by atoms with E-state index < -0.39 is 0 Å². The van der Waals surface area contributed by atoms with E-state index in [4.69, 9.17) is 9.47 Å². The van der Waals surface area contributed by atoms with Crippen LogP contribution in [0, 0.1) is 6.92 Å². The van der Waals surface area contributed by atoms with Gasteiger partial charge in [-0.2, -0.15) is 0 Å². The van der Waals surface area contributed by atoms with Crippen LogP contribution in [0.3, 0.4) is 0 Å². The van der Waals surface area contributed by atoms with Gasteiger partial charge in [0.2, 0.25) is 5.91 Å². The molecule has 1 amide bonds. The van der Waals surface area contributed by atoms with Crippen LogP contribution in [0.25, 0.3) is 5.69 Å². The number of anilines is 1. The number of hydrogen-bond donors (Lipinski definition) is 1. The number of para-hydroxylation sites is 2. The average molecular weight is 475 g/mol. The number of carbonyl (C=O) groups excluding carboxylic acids is 1. The minimum absolute atomic E-state index is 0.0991. The summed E-state index contributed by atoms with van der Waals surface area (Å²) in [5.41, 5.74) is 2.71. The molecule has 8 heteroatoms. The number of carbonyl (C=O) groups is 1. The summed E-state index contributed by atoms with van der Waals surface area (Å²) < 4.78 is 13.1. The molecule has 0 saturated heterocycles. The number of aromatic nitrogens is 3. The summed E-state index contributed by atoms with van der Waals surface area (Å²) in [7, 11) is 1.62. The fourth-order valence-electron chi connectivity index (χ4n) is 3.29. The second kappa shape index (κ2) is 10.9. The van der Waals surface area contributed by atoms with Crippen molar-refractivity contribution in [2.24, 2.45) is 0 Å². The fourth-order valence-corrected chi connectivity index (χ4v) is 4.17. The average Bonchev–Trinajstić information content (AvgIpc) is 3.27. The molecule has 1 aromatic heterocycles. The van der Waals surface area contributed by atoms with Crippen LogP contribution in [0.2, 0.25) is 0 Å². The summed E-state index contributed by atoms with van der Waals surface area (Å²) in [6.07, 6.45) is 0. The first kappa shape index (κ1) is 23.4. The molecular weight excluding hydrogens is 448 g/mol. The number of nitrogens with zero attached hydrogens (tertiary/aromatic N) is 3. The Labute approximate surface area is 203 Å². The Morgan fingerprint density at radius 2 is 1.65 bits per heavy atom. The number of ether oxygens (including phenoxy) is 2. The van der Waals surface area contributed by atoms with Gasteiger partial charge in [-0.05, 0) is 61.9 Å². The maximum absolute atomic E-state index is 12.9. The number of amides is 1. The number of methoxy groups -OCH3 is 1. The van der Waals surface area contributed by atoms with Gasteiger partial charge in [0.15, 0.2) is 11.0 Å². The Hall–Kier alpha value is -3.78. The maximum atomic E-state index is 12.9. The molecule has 4 aromatic rings. The Morgan fingerprint density at radius 3 is 2.35 bits per heavy atom. The van der Waals surface area contributed by atoms with Crippen LogP contribution < -0.4 is 14.8 Å². The number of nitrogens with one attached hydrogen (secondary N) is 1. The molecule has 1 heterocycles. The zero-order valence-corrected chi connectivity index (χ0v) is 20.1. The summed E-state index contributed by atoms with van der Waals surface area (Å²) in [6, 6.07) is 24.9. The van der Waals surface area contributed by atoms with Gasteiger partial charge < -0.3 is 14.8 Å². The molecule has 0 saturated carbocycles. The summed E-state index contributed by atoms with van der Waals surface area (Å²) in [4.78, 5) is 12.9. The molecule has 1 N–H and O–H groups in total. The zero-order valence-electron chi connectivity index (χ0n) is 19.3. The predicted octanol–water partition coefficient (Wildman–Crippen LogP) is 5.28. The number of rotatable bonds is 9. The molecule has 0 fully saturated rings. The molecule has 0 spiro atoms. The van der Waals surface area contributed by atoms with E-state index in [2.05, 4.69) is 15.5 Å². The Bertz CT molecular complexity index is 1240. The van der Waals surface area contributed by atoms with Gasteiger partial charge in [0.25, 0.3) is 0 Å². The van der Waals surface area contributed by atoms with Gasteiger partial charge in [-0.1, -0.05) is 48.2 Å². The topological polar surface area (TPSA) is 78.3 Å². The molecule has 0 aliphatic rings. The van der Waals surface area contributed by atoms with Gasteiger partial charge >= 0.3 is 0 Å². The van der Waals surface area contributed by atoms with E-state index in [-0.39, 0.29) is 17.8 Å². The van der Waals surface area contributed by atoms with Crippen molar-refractivity contribution < 1.29 is 14.3 Å². The molecule has 0 radical (unpaired) electrons. The molecule has 34 heavy (non-hydrogen) atoms. The summed E-state index contributed by atoms with van der Waals surface area (Å²) in [5.74, 6) is 1.99. The second-order valence-electron chi connectivity index (χ2n) is 7.60. The van der Waals surface area contributed by atoms with Gasteiger partial charge in [0.05, 0.1) is 12.4 Å². The normalized spacial score (nSPS) is 11.6. The molecule has 1 atom stereocenters. The molecule has 3 aromatic carbocycles. The van der Waals surface area contributed by atoms with Crippen LogP contribution in [0.4, 0.5) is 5.69 Å².